The molecule has 0 amide bonds. The molecule has 1 N–H and O–H groups in total. The maximum absolute atomic E-state index is 5.22. The van der Waals surface area contributed by atoms with E-state index in [1.54, 1.807) is 20.4 Å². The van der Waals surface area contributed by atoms with E-state index in [1.807, 2.05) is 30.3 Å². The van der Waals surface area contributed by atoms with Crippen LogP contribution >= 0.6 is 15.9 Å². The molecule has 0 unspecified atom stereocenters. The molecule has 2 rings (SSSR count). The second-order valence-electron chi connectivity index (χ2n) is 3.87. The first kappa shape index (κ1) is 13.7. The third-order valence-corrected chi connectivity index (χ3v) is 3.38. The van der Waals surface area contributed by atoms with Crippen LogP contribution in [0.2, 0.25) is 0 Å². The fourth-order valence-corrected chi connectivity index (χ4v) is 2.09. The average molecular weight is 323 g/mol. The molecule has 5 heteroatoms. The number of nitrogens with zero attached hydrogens (tertiary/aromatic N) is 1. The Balaban J connectivity index is 2.14. The van der Waals surface area contributed by atoms with Crippen molar-refractivity contribution in [1.82, 2.24) is 4.98 Å². The monoisotopic (exact) mass is 322 g/mol. The summed E-state index contributed by atoms with van der Waals surface area (Å²) in [6, 6.07) is 9.65. The van der Waals surface area contributed by atoms with E-state index in [4.69, 9.17) is 9.47 Å². The van der Waals surface area contributed by atoms with Crippen LogP contribution in [0.4, 0.5) is 5.69 Å². The molecule has 1 heterocycles. The number of methoxy groups -OCH3 is 2. The largest absolute Gasteiger partial charge is 0.497 e. The van der Waals surface area contributed by atoms with Crippen LogP contribution in [0.15, 0.2) is 41.0 Å². The summed E-state index contributed by atoms with van der Waals surface area (Å²) < 4.78 is 11.4. The van der Waals surface area contributed by atoms with Crippen molar-refractivity contribution in [2.45, 2.75) is 6.54 Å². The lowest BCUT2D eigenvalue weighted by Gasteiger charge is -2.12. The van der Waals surface area contributed by atoms with Crippen LogP contribution in [0.25, 0.3) is 0 Å². The predicted molar refractivity (Wildman–Crippen MR) is 78.8 cm³/mol. The number of halogens is 1. The van der Waals surface area contributed by atoms with E-state index in [1.165, 1.54) is 0 Å². The molecule has 4 nitrogen and oxygen atoms in total. The second-order valence-corrected chi connectivity index (χ2v) is 4.73. The lowest BCUT2D eigenvalue weighted by Crippen LogP contribution is -2.03. The molecule has 100 valence electrons. The van der Waals surface area contributed by atoms with Gasteiger partial charge >= 0.3 is 0 Å². The third kappa shape index (κ3) is 3.38. The normalized spacial score (nSPS) is 10.1. The van der Waals surface area contributed by atoms with Gasteiger partial charge in [-0.05, 0) is 34.1 Å². The molecule has 0 atom stereocenters. The molecule has 0 radical (unpaired) electrons. The SMILES string of the molecule is COc1ccc(Br)c(NCc2cccnc2OC)c1. The molecule has 0 aliphatic heterocycles. The summed E-state index contributed by atoms with van der Waals surface area (Å²) in [7, 11) is 3.27. The van der Waals surface area contributed by atoms with E-state index in [-0.39, 0.29) is 0 Å². The van der Waals surface area contributed by atoms with Gasteiger partial charge in [0.05, 0.1) is 19.9 Å². The molecule has 0 aliphatic rings. The summed E-state index contributed by atoms with van der Waals surface area (Å²) in [6.45, 7) is 0.628. The van der Waals surface area contributed by atoms with E-state index >= 15 is 0 Å². The zero-order valence-electron chi connectivity index (χ0n) is 10.8. The highest BCUT2D eigenvalue weighted by atomic mass is 79.9. The first-order chi connectivity index (χ1) is 9.24. The summed E-state index contributed by atoms with van der Waals surface area (Å²) in [5.41, 5.74) is 1.96. The molecule has 0 bridgehead atoms. The Morgan fingerprint density at radius 1 is 1.21 bits per heavy atom. The Kier molecular flexibility index (Phi) is 4.63. The van der Waals surface area contributed by atoms with Crippen molar-refractivity contribution in [3.05, 3.63) is 46.6 Å². The van der Waals surface area contributed by atoms with E-state index in [0.717, 1.165) is 21.5 Å². The van der Waals surface area contributed by atoms with Crippen molar-refractivity contribution in [1.29, 1.82) is 0 Å². The number of rotatable bonds is 5. The molecular weight excluding hydrogens is 308 g/mol. The Hall–Kier alpha value is -1.75. The molecule has 1 aromatic carbocycles. The summed E-state index contributed by atoms with van der Waals surface area (Å²) in [5.74, 6) is 1.44. The molecule has 0 saturated heterocycles. The van der Waals surface area contributed by atoms with Crippen LogP contribution in [0.5, 0.6) is 11.6 Å². The number of anilines is 1. The van der Waals surface area contributed by atoms with Crippen molar-refractivity contribution < 1.29 is 9.47 Å². The number of hydrogen-bond acceptors (Lipinski definition) is 4. The van der Waals surface area contributed by atoms with Crippen molar-refractivity contribution in [3.63, 3.8) is 0 Å². The first-order valence-electron chi connectivity index (χ1n) is 5.80. The minimum Gasteiger partial charge on any atom is -0.497 e. The summed E-state index contributed by atoms with van der Waals surface area (Å²) in [5, 5.41) is 3.33. The summed E-state index contributed by atoms with van der Waals surface area (Å²) in [6.07, 6.45) is 1.71. The fraction of sp³-hybridized carbons (Fsp3) is 0.214. The Labute approximate surface area is 120 Å². The van der Waals surface area contributed by atoms with Crippen molar-refractivity contribution in [2.75, 3.05) is 19.5 Å². The van der Waals surface area contributed by atoms with Gasteiger partial charge in [0.2, 0.25) is 5.88 Å². The highest BCUT2D eigenvalue weighted by Gasteiger charge is 2.05. The van der Waals surface area contributed by atoms with Crippen LogP contribution in [0.1, 0.15) is 5.56 Å². The highest BCUT2D eigenvalue weighted by Crippen LogP contribution is 2.28. The summed E-state index contributed by atoms with van der Waals surface area (Å²) >= 11 is 3.50. The van der Waals surface area contributed by atoms with Gasteiger partial charge < -0.3 is 14.8 Å². The zero-order valence-corrected chi connectivity index (χ0v) is 12.4. The number of hydrogen-bond donors (Lipinski definition) is 1. The van der Waals surface area contributed by atoms with Crippen LogP contribution in [-0.4, -0.2) is 19.2 Å². The standard InChI is InChI=1S/C14H15BrN2O2/c1-18-11-5-6-12(15)13(8-11)17-9-10-4-3-7-16-14(10)19-2/h3-8,17H,9H2,1-2H3. The minimum atomic E-state index is 0.628. The molecule has 19 heavy (non-hydrogen) atoms. The topological polar surface area (TPSA) is 43.4 Å². The third-order valence-electron chi connectivity index (χ3n) is 2.69. The van der Waals surface area contributed by atoms with E-state index in [2.05, 4.69) is 26.2 Å². The van der Waals surface area contributed by atoms with Crippen molar-refractivity contribution in [3.8, 4) is 11.6 Å². The van der Waals surface area contributed by atoms with E-state index in [0.29, 0.717) is 12.4 Å². The van der Waals surface area contributed by atoms with Gasteiger partial charge in [0.1, 0.15) is 5.75 Å². The highest BCUT2D eigenvalue weighted by molar-refractivity contribution is 9.10. The second kappa shape index (κ2) is 6.43. The van der Waals surface area contributed by atoms with Crippen molar-refractivity contribution >= 4 is 21.6 Å². The van der Waals surface area contributed by atoms with Gasteiger partial charge in [-0.3, -0.25) is 0 Å². The van der Waals surface area contributed by atoms with Crippen molar-refractivity contribution in [2.24, 2.45) is 0 Å². The van der Waals surface area contributed by atoms with Gasteiger partial charge in [0.25, 0.3) is 0 Å². The quantitative estimate of drug-likeness (QED) is 0.915. The maximum Gasteiger partial charge on any atom is 0.218 e. The number of nitrogens with one attached hydrogen (secondary N) is 1. The number of ether oxygens (including phenoxy) is 2. The lowest BCUT2D eigenvalue weighted by atomic mass is 10.2. The molecule has 2 aromatic rings. The summed E-state index contributed by atoms with van der Waals surface area (Å²) in [4.78, 5) is 4.17. The fourth-order valence-electron chi connectivity index (χ4n) is 1.70. The smallest absolute Gasteiger partial charge is 0.218 e. The van der Waals surface area contributed by atoms with Gasteiger partial charge in [-0.25, -0.2) is 4.98 Å². The first-order valence-corrected chi connectivity index (χ1v) is 6.59. The van der Waals surface area contributed by atoms with Crippen LogP contribution < -0.4 is 14.8 Å². The average Bonchev–Trinajstić information content (AvgIpc) is 2.46. The van der Waals surface area contributed by atoms with Gasteiger partial charge in [-0.2, -0.15) is 0 Å². The molecule has 0 spiro atoms. The lowest BCUT2D eigenvalue weighted by molar-refractivity contribution is 0.393. The Morgan fingerprint density at radius 3 is 2.79 bits per heavy atom. The number of pyridine rings is 1. The van der Waals surface area contributed by atoms with Gasteiger partial charge in [-0.1, -0.05) is 6.07 Å². The predicted octanol–water partition coefficient (Wildman–Crippen LogP) is 3.47. The number of aromatic nitrogens is 1. The molecule has 0 aliphatic carbocycles. The molecule has 1 aromatic heterocycles. The Bertz CT molecular complexity index is 561. The Morgan fingerprint density at radius 2 is 2.05 bits per heavy atom. The maximum atomic E-state index is 5.22. The van der Waals surface area contributed by atoms with Crippen LogP contribution in [-0.2, 0) is 6.54 Å². The minimum absolute atomic E-state index is 0.628. The van der Waals surface area contributed by atoms with Gasteiger partial charge in [-0.15, -0.1) is 0 Å². The van der Waals surface area contributed by atoms with Crippen LogP contribution in [0.3, 0.4) is 0 Å². The zero-order chi connectivity index (χ0) is 13.7. The van der Waals surface area contributed by atoms with E-state index in [9.17, 15) is 0 Å². The molecule has 0 fully saturated rings. The molecular formula is C14H15BrN2O2. The van der Waals surface area contributed by atoms with Gasteiger partial charge in [0, 0.05) is 28.8 Å². The van der Waals surface area contributed by atoms with E-state index < -0.39 is 0 Å². The van der Waals surface area contributed by atoms with Crippen LogP contribution in [0, 0.1) is 0 Å². The molecule has 0 saturated carbocycles. The van der Waals surface area contributed by atoms with Gasteiger partial charge in [0.15, 0.2) is 0 Å². The number of benzene rings is 1.